The molecule has 7 nitrogen and oxygen atoms in total. The van der Waals surface area contributed by atoms with Crippen molar-refractivity contribution >= 4 is 27.3 Å². The van der Waals surface area contributed by atoms with Crippen molar-refractivity contribution in [3.8, 4) is 0 Å². The van der Waals surface area contributed by atoms with Gasteiger partial charge in [-0.1, -0.05) is 0 Å². The number of benzene rings is 1. The Labute approximate surface area is 162 Å². The third-order valence-electron chi connectivity index (χ3n) is 5.91. The topological polar surface area (TPSA) is 92.9 Å². The third-order valence-corrected chi connectivity index (χ3v) is 7.78. The molecule has 1 amide bonds. The summed E-state index contributed by atoms with van der Waals surface area (Å²) in [6.07, 6.45) is 0.250. The Bertz CT molecular complexity index is 852. The van der Waals surface area contributed by atoms with Gasteiger partial charge in [0.05, 0.1) is 23.7 Å². The standard InChI is InChI=1S/C18H23F2N3O4S/c19-15-5-13(23-8-14(7-21)27-18(23)24)6-16(20)17(15)22-3-1-11(2-4-22)12-9-28(25,26)10-12/h5-6,11-12,14H,1-4,7-10,21H2. The molecular formula is C18H23F2N3O4S. The summed E-state index contributed by atoms with van der Waals surface area (Å²) in [7, 11) is -2.87. The number of halogens is 2. The highest BCUT2D eigenvalue weighted by Crippen LogP contribution is 2.37. The maximum atomic E-state index is 14.7. The van der Waals surface area contributed by atoms with Crippen LogP contribution in [0.5, 0.6) is 0 Å². The molecule has 1 aromatic carbocycles. The lowest BCUT2D eigenvalue weighted by molar-refractivity contribution is 0.145. The second-order valence-electron chi connectivity index (χ2n) is 7.77. The van der Waals surface area contributed by atoms with Crippen LogP contribution in [-0.4, -0.2) is 58.3 Å². The minimum absolute atomic E-state index is 0.105. The Morgan fingerprint density at radius 3 is 2.21 bits per heavy atom. The van der Waals surface area contributed by atoms with Crippen molar-refractivity contribution < 1.29 is 26.7 Å². The van der Waals surface area contributed by atoms with Gasteiger partial charge in [0, 0.05) is 31.8 Å². The molecule has 0 spiro atoms. The quantitative estimate of drug-likeness (QED) is 0.801. The Kier molecular flexibility index (Phi) is 4.95. The molecule has 3 aliphatic heterocycles. The molecule has 3 fully saturated rings. The van der Waals surface area contributed by atoms with Gasteiger partial charge in [-0.2, -0.15) is 0 Å². The zero-order valence-corrected chi connectivity index (χ0v) is 16.1. The zero-order valence-electron chi connectivity index (χ0n) is 15.3. The predicted octanol–water partition coefficient (Wildman–Crippen LogP) is 1.51. The summed E-state index contributed by atoms with van der Waals surface area (Å²) in [6.45, 7) is 1.23. The molecule has 154 valence electrons. The number of rotatable bonds is 4. The number of hydrogen-bond donors (Lipinski definition) is 1. The average molecular weight is 415 g/mol. The molecule has 0 aliphatic carbocycles. The number of nitrogens with two attached hydrogens (primary N) is 1. The second-order valence-corrected chi connectivity index (χ2v) is 9.93. The van der Waals surface area contributed by atoms with Gasteiger partial charge in [0.15, 0.2) is 21.5 Å². The summed E-state index contributed by atoms with van der Waals surface area (Å²) >= 11 is 0. The summed E-state index contributed by atoms with van der Waals surface area (Å²) in [5, 5.41) is 0. The monoisotopic (exact) mass is 415 g/mol. The minimum Gasteiger partial charge on any atom is -0.443 e. The van der Waals surface area contributed by atoms with E-state index in [9.17, 15) is 22.0 Å². The number of carbonyl (C=O) groups excluding carboxylic acids is 1. The first-order valence-corrected chi connectivity index (χ1v) is 11.2. The molecule has 10 heteroatoms. The second kappa shape index (κ2) is 7.14. The Morgan fingerprint density at radius 2 is 1.71 bits per heavy atom. The number of amides is 1. The Balaban J connectivity index is 1.45. The van der Waals surface area contributed by atoms with Crippen LogP contribution in [0.15, 0.2) is 12.1 Å². The van der Waals surface area contributed by atoms with E-state index in [0.717, 1.165) is 12.1 Å². The van der Waals surface area contributed by atoms with Crippen molar-refractivity contribution in [3.63, 3.8) is 0 Å². The van der Waals surface area contributed by atoms with Crippen molar-refractivity contribution in [2.45, 2.75) is 18.9 Å². The fourth-order valence-corrected chi connectivity index (χ4v) is 6.09. The van der Waals surface area contributed by atoms with Crippen molar-refractivity contribution in [3.05, 3.63) is 23.8 Å². The van der Waals surface area contributed by atoms with Crippen molar-refractivity contribution in [1.82, 2.24) is 0 Å². The van der Waals surface area contributed by atoms with Gasteiger partial charge >= 0.3 is 6.09 Å². The van der Waals surface area contributed by atoms with Gasteiger partial charge in [0.1, 0.15) is 11.8 Å². The molecule has 3 heterocycles. The highest BCUT2D eigenvalue weighted by atomic mass is 32.2. The number of hydrogen-bond acceptors (Lipinski definition) is 6. The van der Waals surface area contributed by atoms with E-state index in [4.69, 9.17) is 10.5 Å². The van der Waals surface area contributed by atoms with Gasteiger partial charge in [0.25, 0.3) is 0 Å². The van der Waals surface area contributed by atoms with Gasteiger partial charge in [-0.05, 0) is 24.7 Å². The fourth-order valence-electron chi connectivity index (χ4n) is 4.34. The highest BCUT2D eigenvalue weighted by molar-refractivity contribution is 7.92. The lowest BCUT2D eigenvalue weighted by atomic mass is 9.86. The number of ether oxygens (including phenoxy) is 1. The molecule has 3 saturated heterocycles. The van der Waals surface area contributed by atoms with E-state index in [1.54, 1.807) is 4.90 Å². The molecule has 28 heavy (non-hydrogen) atoms. The molecule has 3 aliphatic rings. The summed E-state index contributed by atoms with van der Waals surface area (Å²) in [4.78, 5) is 14.7. The van der Waals surface area contributed by atoms with Crippen LogP contribution in [0.3, 0.4) is 0 Å². The van der Waals surface area contributed by atoms with Gasteiger partial charge in [0.2, 0.25) is 0 Å². The number of sulfone groups is 1. The van der Waals surface area contributed by atoms with Crippen LogP contribution in [0.1, 0.15) is 12.8 Å². The van der Waals surface area contributed by atoms with Crippen LogP contribution in [0, 0.1) is 23.5 Å². The molecule has 0 radical (unpaired) electrons. The number of anilines is 2. The molecule has 1 atom stereocenters. The van der Waals surface area contributed by atoms with Crippen molar-refractivity contribution in [2.24, 2.45) is 17.6 Å². The fraction of sp³-hybridized carbons (Fsp3) is 0.611. The normalized spacial score (nSPS) is 25.7. The summed E-state index contributed by atoms with van der Waals surface area (Å²) in [5.41, 5.74) is 5.49. The van der Waals surface area contributed by atoms with E-state index in [0.29, 0.717) is 25.9 Å². The van der Waals surface area contributed by atoms with E-state index in [1.165, 1.54) is 4.90 Å². The molecule has 4 rings (SSSR count). The van der Waals surface area contributed by atoms with E-state index >= 15 is 0 Å². The number of nitrogens with zero attached hydrogens (tertiary/aromatic N) is 2. The molecule has 0 saturated carbocycles. The van der Waals surface area contributed by atoms with Gasteiger partial charge in [-0.25, -0.2) is 22.0 Å². The molecule has 2 N–H and O–H groups in total. The molecule has 0 bridgehead atoms. The lowest BCUT2D eigenvalue weighted by Gasteiger charge is -2.40. The van der Waals surface area contributed by atoms with E-state index in [2.05, 4.69) is 0 Å². The van der Waals surface area contributed by atoms with Crippen molar-refractivity contribution in [1.29, 1.82) is 0 Å². The van der Waals surface area contributed by atoms with Gasteiger partial charge < -0.3 is 15.4 Å². The Hall–Kier alpha value is -1.94. The first-order valence-electron chi connectivity index (χ1n) is 9.40. The van der Waals surface area contributed by atoms with Crippen LogP contribution in [0.25, 0.3) is 0 Å². The highest BCUT2D eigenvalue weighted by Gasteiger charge is 2.40. The maximum absolute atomic E-state index is 14.7. The SMILES string of the molecule is NCC1CN(c2cc(F)c(N3CCC(C4CS(=O)(=O)C4)CC3)c(F)c2)C(=O)O1. The molecule has 0 aromatic heterocycles. The molecule has 1 aromatic rings. The maximum Gasteiger partial charge on any atom is 0.414 e. The summed E-state index contributed by atoms with van der Waals surface area (Å²) in [6, 6.07) is 2.28. The first-order chi connectivity index (χ1) is 13.3. The first kappa shape index (κ1) is 19.4. The van der Waals surface area contributed by atoms with Crippen molar-refractivity contribution in [2.75, 3.05) is 47.5 Å². The number of carbonyl (C=O) groups is 1. The number of cyclic esters (lactones) is 1. The average Bonchev–Trinajstić information content (AvgIpc) is 3.00. The molecule has 1 unspecified atom stereocenters. The molecular weight excluding hydrogens is 392 g/mol. The third kappa shape index (κ3) is 3.55. The van der Waals surface area contributed by atoms with Gasteiger partial charge in [-0.3, -0.25) is 4.90 Å². The summed E-state index contributed by atoms with van der Waals surface area (Å²) < 4.78 is 57.2. The number of piperidine rings is 1. The predicted molar refractivity (Wildman–Crippen MR) is 100 cm³/mol. The van der Waals surface area contributed by atoms with Crippen LogP contribution in [0.2, 0.25) is 0 Å². The van der Waals surface area contributed by atoms with Crippen LogP contribution < -0.4 is 15.5 Å². The summed E-state index contributed by atoms with van der Waals surface area (Å²) in [5.74, 6) is -0.568. The van der Waals surface area contributed by atoms with Crippen LogP contribution in [-0.2, 0) is 14.6 Å². The Morgan fingerprint density at radius 1 is 1.11 bits per heavy atom. The zero-order chi connectivity index (χ0) is 20.1. The minimum atomic E-state index is -2.87. The van der Waals surface area contributed by atoms with Gasteiger partial charge in [-0.15, -0.1) is 0 Å². The van der Waals surface area contributed by atoms with Crippen LogP contribution in [0.4, 0.5) is 25.0 Å². The van der Waals surface area contributed by atoms with E-state index in [-0.39, 0.29) is 47.8 Å². The smallest absolute Gasteiger partial charge is 0.414 e. The van der Waals surface area contributed by atoms with E-state index < -0.39 is 33.7 Å². The lowest BCUT2D eigenvalue weighted by Crippen LogP contribution is -2.46. The largest absolute Gasteiger partial charge is 0.443 e. The van der Waals surface area contributed by atoms with Crippen LogP contribution >= 0.6 is 0 Å². The van der Waals surface area contributed by atoms with E-state index in [1.807, 2.05) is 0 Å².